The van der Waals surface area contributed by atoms with Gasteiger partial charge in [-0.05, 0) is 38.1 Å². The van der Waals surface area contributed by atoms with Crippen LogP contribution in [0.3, 0.4) is 0 Å². The third-order valence-corrected chi connectivity index (χ3v) is 5.14. The van der Waals surface area contributed by atoms with Crippen molar-refractivity contribution in [3.05, 3.63) is 30.1 Å². The van der Waals surface area contributed by atoms with E-state index in [9.17, 15) is 9.18 Å². The topological polar surface area (TPSA) is 53.6 Å². The minimum Gasteiger partial charge on any atom is -0.490 e. The number of nitrogens with one attached hydrogen (secondary N) is 2. The van der Waals surface area contributed by atoms with Crippen LogP contribution < -0.4 is 15.6 Å². The zero-order chi connectivity index (χ0) is 17.1. The van der Waals surface area contributed by atoms with Crippen molar-refractivity contribution in [3.8, 4) is 5.75 Å². The molecule has 2 fully saturated rings. The number of piperidine rings is 1. The Kier molecular flexibility index (Phi) is 5.36. The first-order valence-electron chi connectivity index (χ1n) is 8.74. The summed E-state index contributed by atoms with van der Waals surface area (Å²) in [6.07, 6.45) is 2.29. The van der Waals surface area contributed by atoms with Gasteiger partial charge >= 0.3 is 0 Å². The quantitative estimate of drug-likeness (QED) is 0.885. The molecule has 2 heterocycles. The lowest BCUT2D eigenvalue weighted by Gasteiger charge is -2.33. The van der Waals surface area contributed by atoms with Gasteiger partial charge in [0, 0.05) is 50.4 Å². The molecule has 1 amide bonds. The van der Waals surface area contributed by atoms with Crippen LogP contribution in [0, 0.1) is 11.7 Å². The summed E-state index contributed by atoms with van der Waals surface area (Å²) < 4.78 is 18.8. The first-order chi connectivity index (χ1) is 11.5. The molecule has 0 aliphatic carbocycles. The van der Waals surface area contributed by atoms with Gasteiger partial charge in [0.15, 0.2) is 0 Å². The lowest BCUT2D eigenvalue weighted by Crippen LogP contribution is -2.43. The fourth-order valence-electron chi connectivity index (χ4n) is 3.52. The lowest BCUT2D eigenvalue weighted by atomic mass is 9.92. The molecule has 2 N–H and O–H groups in total. The van der Waals surface area contributed by atoms with Gasteiger partial charge in [-0.2, -0.15) is 0 Å². The largest absolute Gasteiger partial charge is 0.490 e. The highest BCUT2D eigenvalue weighted by molar-refractivity contribution is 5.76. The van der Waals surface area contributed by atoms with Crippen molar-refractivity contribution in [1.82, 2.24) is 15.8 Å². The Balaban J connectivity index is 1.46. The van der Waals surface area contributed by atoms with Gasteiger partial charge in [0.25, 0.3) is 0 Å². The molecule has 2 aliphatic rings. The Bertz CT molecular complexity index is 548. The summed E-state index contributed by atoms with van der Waals surface area (Å²) in [5.74, 6) is 0.976. The number of carbonyl (C=O) groups is 1. The molecule has 0 saturated carbocycles. The van der Waals surface area contributed by atoms with Crippen molar-refractivity contribution in [3.63, 3.8) is 0 Å². The Hall–Kier alpha value is -1.66. The standard InChI is InChI=1S/C18H26FN3O2/c1-12-17(13(2)21-20-12)11-18(23)22-9-7-16(8-10-22)24-15-5-3-14(19)4-6-15/h3-6,12-13,16-17,20-21H,7-11H2,1-2H3. The van der Waals surface area contributed by atoms with Gasteiger partial charge in [0.05, 0.1) is 0 Å². The number of likely N-dealkylation sites (tertiary alicyclic amines) is 1. The number of hydrogen-bond acceptors (Lipinski definition) is 4. The van der Waals surface area contributed by atoms with Crippen molar-refractivity contribution in [1.29, 1.82) is 0 Å². The van der Waals surface area contributed by atoms with Crippen LogP contribution in [0.25, 0.3) is 0 Å². The second kappa shape index (κ2) is 7.49. The third-order valence-electron chi connectivity index (χ3n) is 5.14. The summed E-state index contributed by atoms with van der Waals surface area (Å²) in [5.41, 5.74) is 6.40. The smallest absolute Gasteiger partial charge is 0.222 e. The average Bonchev–Trinajstić information content (AvgIpc) is 2.89. The average molecular weight is 335 g/mol. The highest BCUT2D eigenvalue weighted by atomic mass is 19.1. The minimum atomic E-state index is -0.262. The number of rotatable bonds is 4. The number of amides is 1. The van der Waals surface area contributed by atoms with Crippen molar-refractivity contribution in [2.75, 3.05) is 13.1 Å². The zero-order valence-electron chi connectivity index (χ0n) is 14.3. The molecule has 3 rings (SSSR count). The molecule has 2 saturated heterocycles. The van der Waals surface area contributed by atoms with E-state index >= 15 is 0 Å². The predicted octanol–water partition coefficient (Wildman–Crippen LogP) is 2.09. The normalized spacial score (nSPS) is 28.1. The van der Waals surface area contributed by atoms with Crippen molar-refractivity contribution in [2.24, 2.45) is 5.92 Å². The molecule has 0 bridgehead atoms. The van der Waals surface area contributed by atoms with Crippen LogP contribution >= 0.6 is 0 Å². The number of nitrogens with zero attached hydrogens (tertiary/aromatic N) is 1. The molecule has 0 spiro atoms. The van der Waals surface area contributed by atoms with E-state index in [0.717, 1.165) is 25.9 Å². The molecule has 1 aromatic rings. The molecule has 2 aliphatic heterocycles. The molecule has 5 nitrogen and oxygen atoms in total. The molecule has 0 aromatic heterocycles. The second-order valence-corrected chi connectivity index (χ2v) is 6.89. The van der Waals surface area contributed by atoms with Crippen LogP contribution in [0.1, 0.15) is 33.1 Å². The Labute approximate surface area is 142 Å². The van der Waals surface area contributed by atoms with Gasteiger partial charge in [-0.3, -0.25) is 15.6 Å². The summed E-state index contributed by atoms with van der Waals surface area (Å²) in [4.78, 5) is 14.5. The molecule has 2 unspecified atom stereocenters. The Morgan fingerprint density at radius 3 is 2.33 bits per heavy atom. The van der Waals surface area contributed by atoms with Crippen LogP contribution in [0.15, 0.2) is 24.3 Å². The van der Waals surface area contributed by atoms with Gasteiger partial charge in [-0.25, -0.2) is 4.39 Å². The number of hydrogen-bond donors (Lipinski definition) is 2. The maximum Gasteiger partial charge on any atom is 0.222 e. The van der Waals surface area contributed by atoms with Gasteiger partial charge in [0.2, 0.25) is 5.91 Å². The van der Waals surface area contributed by atoms with Crippen molar-refractivity contribution >= 4 is 5.91 Å². The molecule has 6 heteroatoms. The maximum absolute atomic E-state index is 12.9. The SMILES string of the molecule is CC1NNC(C)C1CC(=O)N1CCC(Oc2ccc(F)cc2)CC1. The number of hydrazine groups is 1. The second-order valence-electron chi connectivity index (χ2n) is 6.89. The van der Waals surface area contributed by atoms with E-state index in [1.165, 1.54) is 12.1 Å². The molecule has 1 aromatic carbocycles. The van der Waals surface area contributed by atoms with Gasteiger partial charge in [-0.1, -0.05) is 0 Å². The molecule has 24 heavy (non-hydrogen) atoms. The molecular weight excluding hydrogens is 309 g/mol. The van der Waals surface area contributed by atoms with Crippen LogP contribution in [-0.4, -0.2) is 42.1 Å². The van der Waals surface area contributed by atoms with Crippen molar-refractivity contribution in [2.45, 2.75) is 51.3 Å². The fourth-order valence-corrected chi connectivity index (χ4v) is 3.52. The zero-order valence-corrected chi connectivity index (χ0v) is 14.3. The lowest BCUT2D eigenvalue weighted by molar-refractivity contribution is -0.134. The van der Waals surface area contributed by atoms with Gasteiger partial charge in [-0.15, -0.1) is 0 Å². The number of carbonyl (C=O) groups excluding carboxylic acids is 1. The minimum absolute atomic E-state index is 0.0900. The first-order valence-corrected chi connectivity index (χ1v) is 8.74. The van der Waals surface area contributed by atoms with E-state index in [2.05, 4.69) is 24.7 Å². The highest BCUT2D eigenvalue weighted by Gasteiger charge is 2.33. The summed E-state index contributed by atoms with van der Waals surface area (Å²) in [7, 11) is 0. The summed E-state index contributed by atoms with van der Waals surface area (Å²) >= 11 is 0. The van der Waals surface area contributed by atoms with Crippen LogP contribution in [0.4, 0.5) is 4.39 Å². The monoisotopic (exact) mass is 335 g/mol. The molecule has 2 atom stereocenters. The number of benzene rings is 1. The van der Waals surface area contributed by atoms with E-state index in [4.69, 9.17) is 4.74 Å². The summed E-state index contributed by atoms with van der Waals surface area (Å²) in [6, 6.07) is 6.72. The summed E-state index contributed by atoms with van der Waals surface area (Å²) in [5, 5.41) is 0. The van der Waals surface area contributed by atoms with E-state index in [0.29, 0.717) is 30.2 Å². The Morgan fingerprint density at radius 1 is 1.17 bits per heavy atom. The van der Waals surface area contributed by atoms with E-state index in [1.807, 2.05) is 4.90 Å². The van der Waals surface area contributed by atoms with E-state index in [-0.39, 0.29) is 17.8 Å². The fraction of sp³-hybridized carbons (Fsp3) is 0.611. The third kappa shape index (κ3) is 4.05. The molecule has 0 radical (unpaired) electrons. The number of ether oxygens (including phenoxy) is 1. The Morgan fingerprint density at radius 2 is 1.75 bits per heavy atom. The first kappa shape index (κ1) is 17.2. The highest BCUT2D eigenvalue weighted by Crippen LogP contribution is 2.23. The van der Waals surface area contributed by atoms with E-state index < -0.39 is 0 Å². The van der Waals surface area contributed by atoms with Crippen LogP contribution in [-0.2, 0) is 4.79 Å². The summed E-state index contributed by atoms with van der Waals surface area (Å²) in [6.45, 7) is 5.66. The predicted molar refractivity (Wildman–Crippen MR) is 89.9 cm³/mol. The van der Waals surface area contributed by atoms with E-state index in [1.54, 1.807) is 12.1 Å². The maximum atomic E-state index is 12.9. The van der Waals surface area contributed by atoms with Crippen molar-refractivity contribution < 1.29 is 13.9 Å². The molecule has 132 valence electrons. The molecular formula is C18H26FN3O2. The van der Waals surface area contributed by atoms with Crippen LogP contribution in [0.2, 0.25) is 0 Å². The van der Waals surface area contributed by atoms with Crippen LogP contribution in [0.5, 0.6) is 5.75 Å². The van der Waals surface area contributed by atoms with Gasteiger partial charge < -0.3 is 9.64 Å². The van der Waals surface area contributed by atoms with Gasteiger partial charge in [0.1, 0.15) is 17.7 Å². The number of halogens is 1.